The minimum Gasteiger partial charge on any atom is -0.380 e. The number of nitrogens with one attached hydrogen (secondary N) is 1. The van der Waals surface area contributed by atoms with Gasteiger partial charge in [-0.15, -0.1) is 0 Å². The first-order valence-corrected chi connectivity index (χ1v) is 6.55. The molecule has 0 aromatic carbocycles. The quantitative estimate of drug-likeness (QED) is 0.604. The van der Waals surface area contributed by atoms with Gasteiger partial charge in [-0.2, -0.15) is 0 Å². The zero-order chi connectivity index (χ0) is 11.5. The molecule has 0 bridgehead atoms. The van der Waals surface area contributed by atoms with Crippen LogP contribution >= 0.6 is 0 Å². The van der Waals surface area contributed by atoms with Crippen molar-refractivity contribution in [2.45, 2.75) is 59.4 Å². The van der Waals surface area contributed by atoms with Gasteiger partial charge in [0.1, 0.15) is 0 Å². The summed E-state index contributed by atoms with van der Waals surface area (Å²) in [6.07, 6.45) is 4.98. The second-order valence-corrected chi connectivity index (χ2v) is 4.47. The van der Waals surface area contributed by atoms with Crippen LogP contribution in [0.25, 0.3) is 0 Å². The van der Waals surface area contributed by atoms with Crippen LogP contribution < -0.4 is 5.32 Å². The van der Waals surface area contributed by atoms with Gasteiger partial charge in [0, 0.05) is 12.6 Å². The molecule has 2 atom stereocenters. The lowest BCUT2D eigenvalue weighted by molar-refractivity contribution is 0.0816. The predicted molar refractivity (Wildman–Crippen MR) is 67.3 cm³/mol. The molecule has 0 aliphatic carbocycles. The maximum absolute atomic E-state index is 5.75. The van der Waals surface area contributed by atoms with Crippen LogP contribution in [0.1, 0.15) is 53.4 Å². The summed E-state index contributed by atoms with van der Waals surface area (Å²) in [5, 5.41) is 3.46. The summed E-state index contributed by atoms with van der Waals surface area (Å²) < 4.78 is 5.75. The van der Waals surface area contributed by atoms with Crippen molar-refractivity contribution in [2.75, 3.05) is 19.8 Å². The molecule has 1 N–H and O–H groups in total. The molecular weight excluding hydrogens is 186 g/mol. The van der Waals surface area contributed by atoms with E-state index in [1.165, 1.54) is 25.7 Å². The van der Waals surface area contributed by atoms with Crippen LogP contribution in [-0.4, -0.2) is 25.8 Å². The van der Waals surface area contributed by atoms with Crippen molar-refractivity contribution in [3.8, 4) is 0 Å². The zero-order valence-electron chi connectivity index (χ0n) is 11.0. The van der Waals surface area contributed by atoms with Crippen molar-refractivity contribution in [2.24, 2.45) is 5.92 Å². The normalized spacial score (nSPS) is 15.2. The molecule has 2 nitrogen and oxygen atoms in total. The Kier molecular flexibility index (Phi) is 10.4. The Hall–Kier alpha value is -0.0800. The Morgan fingerprint density at radius 2 is 1.67 bits per heavy atom. The lowest BCUT2D eigenvalue weighted by Crippen LogP contribution is -2.33. The fraction of sp³-hybridized carbons (Fsp3) is 1.00. The lowest BCUT2D eigenvalue weighted by atomic mass is 10.1. The minimum absolute atomic E-state index is 0.550. The van der Waals surface area contributed by atoms with Crippen LogP contribution in [0.3, 0.4) is 0 Å². The summed E-state index contributed by atoms with van der Waals surface area (Å²) in [5.41, 5.74) is 0. The van der Waals surface area contributed by atoms with Gasteiger partial charge in [-0.25, -0.2) is 0 Å². The molecular formula is C13H29NO. The van der Waals surface area contributed by atoms with Crippen LogP contribution in [0.15, 0.2) is 0 Å². The fourth-order valence-electron chi connectivity index (χ4n) is 1.87. The SMILES string of the molecule is CCCC(C)COCC(CCC)NCC. The second kappa shape index (κ2) is 10.4. The molecule has 0 aromatic heterocycles. The first kappa shape index (κ1) is 14.9. The highest BCUT2D eigenvalue weighted by atomic mass is 16.5. The number of likely N-dealkylation sites (N-methyl/N-ethyl adjacent to an activating group) is 1. The molecule has 2 unspecified atom stereocenters. The van der Waals surface area contributed by atoms with Crippen molar-refractivity contribution in [1.82, 2.24) is 5.32 Å². The largest absolute Gasteiger partial charge is 0.380 e. The molecule has 92 valence electrons. The van der Waals surface area contributed by atoms with Crippen LogP contribution in [-0.2, 0) is 4.74 Å². The average Bonchev–Trinajstić information content (AvgIpc) is 2.19. The van der Waals surface area contributed by atoms with E-state index in [-0.39, 0.29) is 0 Å². The van der Waals surface area contributed by atoms with E-state index in [9.17, 15) is 0 Å². The van der Waals surface area contributed by atoms with E-state index in [4.69, 9.17) is 4.74 Å². The molecule has 2 heteroatoms. The molecule has 0 aliphatic heterocycles. The Labute approximate surface area is 95.8 Å². The second-order valence-electron chi connectivity index (χ2n) is 4.47. The van der Waals surface area contributed by atoms with Gasteiger partial charge < -0.3 is 10.1 Å². The Morgan fingerprint density at radius 1 is 1.00 bits per heavy atom. The molecule has 0 amide bonds. The first-order chi connectivity index (χ1) is 7.24. The molecule has 0 spiro atoms. The van der Waals surface area contributed by atoms with E-state index in [1.54, 1.807) is 0 Å². The molecule has 15 heavy (non-hydrogen) atoms. The number of ether oxygens (including phenoxy) is 1. The smallest absolute Gasteiger partial charge is 0.0619 e. The molecule has 0 aromatic rings. The Balaban J connectivity index is 3.51. The van der Waals surface area contributed by atoms with Gasteiger partial charge in [-0.05, 0) is 25.3 Å². The summed E-state index contributed by atoms with van der Waals surface area (Å²) in [7, 11) is 0. The van der Waals surface area contributed by atoms with E-state index in [0.717, 1.165) is 19.8 Å². The number of hydrogen-bond donors (Lipinski definition) is 1. The van der Waals surface area contributed by atoms with Gasteiger partial charge in [0.05, 0.1) is 6.61 Å². The van der Waals surface area contributed by atoms with E-state index in [2.05, 4.69) is 33.0 Å². The maximum Gasteiger partial charge on any atom is 0.0619 e. The topological polar surface area (TPSA) is 21.3 Å². The highest BCUT2D eigenvalue weighted by molar-refractivity contribution is 4.64. The summed E-state index contributed by atoms with van der Waals surface area (Å²) in [4.78, 5) is 0. The van der Waals surface area contributed by atoms with Crippen molar-refractivity contribution in [3.05, 3.63) is 0 Å². The standard InChI is InChI=1S/C13H29NO/c1-5-8-12(4)10-15-11-13(9-6-2)14-7-3/h12-14H,5-11H2,1-4H3. The molecule has 0 aliphatic rings. The van der Waals surface area contributed by atoms with Gasteiger partial charge in [-0.1, -0.05) is 40.5 Å². The maximum atomic E-state index is 5.75. The third-order valence-corrected chi connectivity index (χ3v) is 2.63. The molecule has 0 radical (unpaired) electrons. The summed E-state index contributed by atoms with van der Waals surface area (Å²) >= 11 is 0. The Morgan fingerprint density at radius 3 is 2.20 bits per heavy atom. The third kappa shape index (κ3) is 8.88. The van der Waals surface area contributed by atoms with Crippen molar-refractivity contribution in [3.63, 3.8) is 0 Å². The molecule has 0 rings (SSSR count). The highest BCUT2D eigenvalue weighted by Gasteiger charge is 2.07. The Bertz CT molecular complexity index is 122. The number of rotatable bonds is 10. The van der Waals surface area contributed by atoms with Crippen molar-refractivity contribution >= 4 is 0 Å². The summed E-state index contributed by atoms with van der Waals surface area (Å²) in [6, 6.07) is 0.550. The van der Waals surface area contributed by atoms with Gasteiger partial charge >= 0.3 is 0 Å². The zero-order valence-corrected chi connectivity index (χ0v) is 11.0. The number of hydrogen-bond acceptors (Lipinski definition) is 2. The van der Waals surface area contributed by atoms with E-state index >= 15 is 0 Å². The van der Waals surface area contributed by atoms with Gasteiger partial charge in [0.15, 0.2) is 0 Å². The van der Waals surface area contributed by atoms with Gasteiger partial charge in [-0.3, -0.25) is 0 Å². The lowest BCUT2D eigenvalue weighted by Gasteiger charge is -2.18. The van der Waals surface area contributed by atoms with E-state index in [1.807, 2.05) is 0 Å². The minimum atomic E-state index is 0.550. The van der Waals surface area contributed by atoms with E-state index in [0.29, 0.717) is 12.0 Å². The van der Waals surface area contributed by atoms with Gasteiger partial charge in [0.25, 0.3) is 0 Å². The molecule has 0 saturated carbocycles. The molecule has 0 fully saturated rings. The van der Waals surface area contributed by atoms with Crippen molar-refractivity contribution in [1.29, 1.82) is 0 Å². The van der Waals surface area contributed by atoms with Crippen LogP contribution in [0, 0.1) is 5.92 Å². The monoisotopic (exact) mass is 215 g/mol. The highest BCUT2D eigenvalue weighted by Crippen LogP contribution is 2.06. The molecule has 0 heterocycles. The average molecular weight is 215 g/mol. The molecule has 0 saturated heterocycles. The van der Waals surface area contributed by atoms with Crippen LogP contribution in [0.4, 0.5) is 0 Å². The fourth-order valence-corrected chi connectivity index (χ4v) is 1.87. The summed E-state index contributed by atoms with van der Waals surface area (Å²) in [6.45, 7) is 11.7. The van der Waals surface area contributed by atoms with Gasteiger partial charge in [0.2, 0.25) is 0 Å². The van der Waals surface area contributed by atoms with Crippen molar-refractivity contribution < 1.29 is 4.74 Å². The first-order valence-electron chi connectivity index (χ1n) is 6.55. The summed E-state index contributed by atoms with van der Waals surface area (Å²) in [5.74, 6) is 0.707. The van der Waals surface area contributed by atoms with Crippen LogP contribution in [0.5, 0.6) is 0 Å². The predicted octanol–water partition coefficient (Wildman–Crippen LogP) is 3.22. The van der Waals surface area contributed by atoms with Crippen LogP contribution in [0.2, 0.25) is 0 Å². The third-order valence-electron chi connectivity index (χ3n) is 2.63. The van der Waals surface area contributed by atoms with E-state index < -0.39 is 0 Å².